The Kier molecular flexibility index (Phi) is 2.75. The van der Waals surface area contributed by atoms with Crippen molar-refractivity contribution >= 4 is 11.3 Å². The van der Waals surface area contributed by atoms with Crippen molar-refractivity contribution in [2.45, 2.75) is 20.3 Å². The lowest BCUT2D eigenvalue weighted by atomic mass is 10.1. The first kappa shape index (κ1) is 11.8. The van der Waals surface area contributed by atoms with Crippen molar-refractivity contribution in [2.75, 3.05) is 5.73 Å². The van der Waals surface area contributed by atoms with Crippen LogP contribution in [0.25, 0.3) is 16.9 Å². The zero-order valence-electron chi connectivity index (χ0n) is 11.2. The minimum atomic E-state index is 0.759. The van der Waals surface area contributed by atoms with Crippen molar-refractivity contribution in [1.29, 1.82) is 0 Å². The van der Waals surface area contributed by atoms with Gasteiger partial charge >= 0.3 is 0 Å². The normalized spacial score (nSPS) is 11.1. The molecule has 2 aromatic heterocycles. The second-order valence-electron chi connectivity index (χ2n) is 4.82. The number of benzene rings is 1. The summed E-state index contributed by atoms with van der Waals surface area (Å²) in [5.74, 6) is 0. The summed E-state index contributed by atoms with van der Waals surface area (Å²) in [4.78, 5) is 4.73. The van der Waals surface area contributed by atoms with Crippen LogP contribution in [-0.4, -0.2) is 9.38 Å². The number of nitrogen functional groups attached to an aromatic ring is 1. The van der Waals surface area contributed by atoms with Gasteiger partial charge in [-0.25, -0.2) is 4.98 Å². The topological polar surface area (TPSA) is 43.3 Å². The Hall–Kier alpha value is -2.29. The number of pyridine rings is 1. The van der Waals surface area contributed by atoms with Crippen LogP contribution in [0.1, 0.15) is 18.2 Å². The molecule has 2 N–H and O–H groups in total. The number of rotatable bonds is 2. The molecule has 1 aromatic carbocycles. The minimum Gasteiger partial charge on any atom is -0.398 e. The summed E-state index contributed by atoms with van der Waals surface area (Å²) in [6.45, 7) is 4.24. The Labute approximate surface area is 112 Å². The number of fused-ring (bicyclic) bond motifs is 1. The van der Waals surface area contributed by atoms with E-state index in [-0.39, 0.29) is 0 Å². The van der Waals surface area contributed by atoms with E-state index >= 15 is 0 Å². The van der Waals surface area contributed by atoms with Crippen LogP contribution in [0, 0.1) is 6.92 Å². The van der Waals surface area contributed by atoms with Crippen molar-refractivity contribution in [3.8, 4) is 11.3 Å². The van der Waals surface area contributed by atoms with Crippen molar-refractivity contribution < 1.29 is 0 Å². The molecule has 3 heteroatoms. The van der Waals surface area contributed by atoms with Gasteiger partial charge in [0, 0.05) is 17.4 Å². The van der Waals surface area contributed by atoms with Crippen molar-refractivity contribution in [1.82, 2.24) is 9.38 Å². The van der Waals surface area contributed by atoms with Gasteiger partial charge in [-0.05, 0) is 25.5 Å². The summed E-state index contributed by atoms with van der Waals surface area (Å²) >= 11 is 0. The van der Waals surface area contributed by atoms with Crippen LogP contribution in [-0.2, 0) is 6.42 Å². The van der Waals surface area contributed by atoms with Crippen LogP contribution in [0.15, 0.2) is 42.6 Å². The van der Waals surface area contributed by atoms with E-state index in [9.17, 15) is 0 Å². The van der Waals surface area contributed by atoms with Crippen LogP contribution in [0.2, 0.25) is 0 Å². The maximum Gasteiger partial charge on any atom is 0.137 e. The van der Waals surface area contributed by atoms with E-state index in [4.69, 9.17) is 10.7 Å². The Morgan fingerprint density at radius 2 is 1.84 bits per heavy atom. The van der Waals surface area contributed by atoms with Crippen LogP contribution in [0.3, 0.4) is 0 Å². The highest BCUT2D eigenvalue weighted by Gasteiger charge is 2.12. The van der Waals surface area contributed by atoms with E-state index in [0.717, 1.165) is 29.0 Å². The first-order valence-corrected chi connectivity index (χ1v) is 6.52. The fraction of sp³-hybridized carbons (Fsp3) is 0.188. The van der Waals surface area contributed by atoms with Gasteiger partial charge in [-0.3, -0.25) is 0 Å². The third-order valence-electron chi connectivity index (χ3n) is 3.40. The molecule has 0 radical (unpaired) electrons. The molecule has 0 atom stereocenters. The third-order valence-corrected chi connectivity index (χ3v) is 3.40. The van der Waals surface area contributed by atoms with Gasteiger partial charge in [-0.1, -0.05) is 36.8 Å². The molecular formula is C16H17N3. The van der Waals surface area contributed by atoms with Crippen LogP contribution in [0.4, 0.5) is 5.69 Å². The molecule has 0 bridgehead atoms. The fourth-order valence-electron chi connectivity index (χ4n) is 2.39. The van der Waals surface area contributed by atoms with Gasteiger partial charge in [0.25, 0.3) is 0 Å². The van der Waals surface area contributed by atoms with E-state index in [2.05, 4.69) is 42.5 Å². The summed E-state index contributed by atoms with van der Waals surface area (Å²) in [7, 11) is 0. The molecular weight excluding hydrogens is 234 g/mol. The van der Waals surface area contributed by atoms with E-state index < -0.39 is 0 Å². The standard InChI is InChI=1S/C16H17N3/c1-3-14-16(12-6-4-11(2)5-7-12)18-15-9-8-13(17)10-19(14)15/h4-10H,3,17H2,1-2H3. The molecule has 3 rings (SSSR count). The maximum absolute atomic E-state index is 5.87. The number of aromatic nitrogens is 2. The molecule has 0 saturated carbocycles. The van der Waals surface area contributed by atoms with E-state index in [1.807, 2.05) is 18.3 Å². The number of aryl methyl sites for hydroxylation is 2. The summed E-state index contributed by atoms with van der Waals surface area (Å²) in [6, 6.07) is 12.3. The molecule has 0 unspecified atom stereocenters. The van der Waals surface area contributed by atoms with Crippen LogP contribution < -0.4 is 5.73 Å². The van der Waals surface area contributed by atoms with E-state index in [1.54, 1.807) is 0 Å². The average Bonchev–Trinajstić information content (AvgIpc) is 2.77. The Balaban J connectivity index is 2.25. The highest BCUT2D eigenvalue weighted by molar-refractivity contribution is 5.67. The second-order valence-corrected chi connectivity index (χ2v) is 4.82. The Morgan fingerprint density at radius 3 is 2.53 bits per heavy atom. The maximum atomic E-state index is 5.87. The zero-order valence-corrected chi connectivity index (χ0v) is 11.2. The molecule has 96 valence electrons. The minimum absolute atomic E-state index is 0.759. The molecule has 0 spiro atoms. The van der Waals surface area contributed by atoms with Gasteiger partial charge in [-0.15, -0.1) is 0 Å². The van der Waals surface area contributed by atoms with Crippen LogP contribution in [0.5, 0.6) is 0 Å². The second kappa shape index (κ2) is 4.43. The Bertz CT molecular complexity index is 724. The van der Waals surface area contributed by atoms with Gasteiger partial charge in [0.2, 0.25) is 0 Å². The fourth-order valence-corrected chi connectivity index (χ4v) is 2.39. The number of hydrogen-bond acceptors (Lipinski definition) is 2. The molecule has 0 saturated heterocycles. The van der Waals surface area contributed by atoms with Gasteiger partial charge in [0.05, 0.1) is 11.4 Å². The highest BCUT2D eigenvalue weighted by atomic mass is 15.0. The van der Waals surface area contributed by atoms with Crippen molar-refractivity contribution in [3.05, 3.63) is 53.9 Å². The summed E-state index contributed by atoms with van der Waals surface area (Å²) < 4.78 is 2.09. The SMILES string of the molecule is CCc1c(-c2ccc(C)cc2)nc2ccc(N)cn12. The number of anilines is 1. The quantitative estimate of drug-likeness (QED) is 0.758. The number of nitrogens with zero attached hydrogens (tertiary/aromatic N) is 2. The summed E-state index contributed by atoms with van der Waals surface area (Å²) in [5.41, 5.74) is 12.2. The predicted molar refractivity (Wildman–Crippen MR) is 79.2 cm³/mol. The molecule has 0 aliphatic carbocycles. The lowest BCUT2D eigenvalue weighted by Gasteiger charge is -2.03. The highest BCUT2D eigenvalue weighted by Crippen LogP contribution is 2.25. The number of nitrogens with two attached hydrogens (primary N) is 1. The lowest BCUT2D eigenvalue weighted by Crippen LogP contribution is -1.95. The first-order valence-electron chi connectivity index (χ1n) is 6.52. The molecule has 19 heavy (non-hydrogen) atoms. The average molecular weight is 251 g/mol. The van der Waals surface area contributed by atoms with Crippen molar-refractivity contribution in [2.24, 2.45) is 0 Å². The van der Waals surface area contributed by atoms with E-state index in [1.165, 1.54) is 11.3 Å². The molecule has 0 amide bonds. The third kappa shape index (κ3) is 1.97. The van der Waals surface area contributed by atoms with Crippen LogP contribution >= 0.6 is 0 Å². The lowest BCUT2D eigenvalue weighted by molar-refractivity contribution is 0.999. The largest absolute Gasteiger partial charge is 0.398 e. The molecule has 3 nitrogen and oxygen atoms in total. The van der Waals surface area contributed by atoms with Gasteiger partial charge < -0.3 is 10.1 Å². The van der Waals surface area contributed by atoms with Crippen molar-refractivity contribution in [3.63, 3.8) is 0 Å². The number of hydrogen-bond donors (Lipinski definition) is 1. The monoisotopic (exact) mass is 251 g/mol. The van der Waals surface area contributed by atoms with Gasteiger partial charge in [0.15, 0.2) is 0 Å². The molecule has 0 aliphatic heterocycles. The predicted octanol–water partition coefficient (Wildman–Crippen LogP) is 3.45. The molecule has 2 heterocycles. The number of imidazole rings is 1. The molecule has 0 fully saturated rings. The van der Waals surface area contributed by atoms with Gasteiger partial charge in [0.1, 0.15) is 5.65 Å². The summed E-state index contributed by atoms with van der Waals surface area (Å²) in [6.07, 6.45) is 2.87. The smallest absolute Gasteiger partial charge is 0.137 e. The first-order chi connectivity index (χ1) is 9.19. The Morgan fingerprint density at radius 1 is 1.11 bits per heavy atom. The molecule has 3 aromatic rings. The molecule has 0 aliphatic rings. The van der Waals surface area contributed by atoms with E-state index in [0.29, 0.717) is 0 Å². The zero-order chi connectivity index (χ0) is 13.4. The summed E-state index contributed by atoms with van der Waals surface area (Å²) in [5, 5.41) is 0. The van der Waals surface area contributed by atoms with Gasteiger partial charge in [-0.2, -0.15) is 0 Å².